The third kappa shape index (κ3) is 2.97. The van der Waals surface area contributed by atoms with Crippen molar-refractivity contribution < 1.29 is 4.79 Å². The predicted molar refractivity (Wildman–Crippen MR) is 105 cm³/mol. The number of likely N-dealkylation sites (tertiary alicyclic amines) is 1. The average molecular weight is 362 g/mol. The third-order valence-electron chi connectivity index (χ3n) is 5.11. The highest BCUT2D eigenvalue weighted by Gasteiger charge is 2.31. The Balaban J connectivity index is 1.85. The first-order valence-electron chi connectivity index (χ1n) is 9.21. The second-order valence-electron chi connectivity index (χ2n) is 6.85. The Hall–Kier alpha value is -3.15. The van der Waals surface area contributed by atoms with Crippen molar-refractivity contribution in [2.24, 2.45) is 0 Å². The molecule has 1 atom stereocenters. The van der Waals surface area contributed by atoms with Crippen molar-refractivity contribution >= 4 is 11.6 Å². The molecule has 0 aliphatic carbocycles. The van der Waals surface area contributed by atoms with Gasteiger partial charge < -0.3 is 4.90 Å². The molecule has 1 aliphatic heterocycles. The number of aromatic nitrogens is 3. The lowest BCUT2D eigenvalue weighted by molar-refractivity contribution is -0.127. The van der Waals surface area contributed by atoms with Crippen LogP contribution in [0.15, 0.2) is 53.8 Å². The van der Waals surface area contributed by atoms with Crippen LogP contribution in [0.3, 0.4) is 0 Å². The first-order chi connectivity index (χ1) is 13.1. The number of H-pyrrole nitrogens is 1. The molecule has 0 bridgehead atoms. The summed E-state index contributed by atoms with van der Waals surface area (Å²) in [6, 6.07) is 11.5. The van der Waals surface area contributed by atoms with Crippen LogP contribution in [0.4, 0.5) is 0 Å². The summed E-state index contributed by atoms with van der Waals surface area (Å²) in [4.78, 5) is 31.5. The molecule has 1 saturated heterocycles. The van der Waals surface area contributed by atoms with Crippen LogP contribution in [0.25, 0.3) is 16.8 Å². The van der Waals surface area contributed by atoms with Crippen LogP contribution in [-0.4, -0.2) is 38.5 Å². The zero-order valence-electron chi connectivity index (χ0n) is 15.3. The Kier molecular flexibility index (Phi) is 4.39. The van der Waals surface area contributed by atoms with E-state index in [1.807, 2.05) is 37.3 Å². The molecule has 6 heteroatoms. The summed E-state index contributed by atoms with van der Waals surface area (Å²) in [5.74, 6) is 0.00671. The Labute approximate surface area is 157 Å². The summed E-state index contributed by atoms with van der Waals surface area (Å²) in [5, 5.41) is 3.19. The molecule has 138 valence electrons. The predicted octanol–water partition coefficient (Wildman–Crippen LogP) is 2.75. The van der Waals surface area contributed by atoms with Gasteiger partial charge in [-0.05, 0) is 12.0 Å². The van der Waals surface area contributed by atoms with Crippen LogP contribution in [-0.2, 0) is 11.2 Å². The maximum Gasteiger partial charge on any atom is 0.272 e. The number of rotatable bonds is 5. The molecule has 0 saturated carbocycles. The van der Waals surface area contributed by atoms with Crippen molar-refractivity contribution in [3.63, 3.8) is 0 Å². The standard InChI is InChI=1S/C21H22N4O2/c1-3-10-24-13-15(11-18(24)26)17-12-19(27)25-21(22-17)20(16(4-2)23-25)14-8-6-5-7-9-14/h3,5-9,12,15,23H,1,4,10-11,13H2,2H3. The van der Waals surface area contributed by atoms with E-state index in [1.165, 1.54) is 4.52 Å². The van der Waals surface area contributed by atoms with E-state index in [4.69, 9.17) is 4.98 Å². The lowest BCUT2D eigenvalue weighted by Crippen LogP contribution is -2.25. The minimum Gasteiger partial charge on any atom is -0.338 e. The Morgan fingerprint density at radius 3 is 2.78 bits per heavy atom. The molecule has 1 fully saturated rings. The van der Waals surface area contributed by atoms with Gasteiger partial charge in [0.2, 0.25) is 5.91 Å². The van der Waals surface area contributed by atoms with E-state index in [1.54, 1.807) is 17.0 Å². The SMILES string of the molecule is C=CCN1CC(c2cc(=O)n3[nH]c(CC)c(-c4ccccc4)c3n2)CC1=O. The molecule has 0 radical (unpaired) electrons. The van der Waals surface area contributed by atoms with E-state index < -0.39 is 0 Å². The van der Waals surface area contributed by atoms with Gasteiger partial charge in [0.1, 0.15) is 0 Å². The van der Waals surface area contributed by atoms with E-state index in [0.717, 1.165) is 23.2 Å². The Morgan fingerprint density at radius 1 is 1.30 bits per heavy atom. The molecule has 0 spiro atoms. The van der Waals surface area contributed by atoms with Crippen LogP contribution in [0.1, 0.15) is 30.7 Å². The van der Waals surface area contributed by atoms with Crippen LogP contribution < -0.4 is 5.56 Å². The first kappa shape index (κ1) is 17.3. The highest BCUT2D eigenvalue weighted by Crippen LogP contribution is 2.30. The molecule has 1 amide bonds. The topological polar surface area (TPSA) is 70.5 Å². The minimum absolute atomic E-state index is 0.0706. The van der Waals surface area contributed by atoms with Gasteiger partial charge in [0.05, 0.1) is 5.69 Å². The van der Waals surface area contributed by atoms with Gasteiger partial charge in [-0.15, -0.1) is 6.58 Å². The van der Waals surface area contributed by atoms with Gasteiger partial charge in [-0.1, -0.05) is 43.3 Å². The monoisotopic (exact) mass is 362 g/mol. The molecule has 4 rings (SSSR count). The van der Waals surface area contributed by atoms with Crippen LogP contribution in [0.5, 0.6) is 0 Å². The van der Waals surface area contributed by atoms with Crippen molar-refractivity contribution in [1.82, 2.24) is 19.5 Å². The summed E-state index contributed by atoms with van der Waals surface area (Å²) >= 11 is 0. The van der Waals surface area contributed by atoms with Crippen molar-refractivity contribution in [3.8, 4) is 11.1 Å². The number of aromatic amines is 1. The molecule has 27 heavy (non-hydrogen) atoms. The van der Waals surface area contributed by atoms with E-state index >= 15 is 0 Å². The lowest BCUT2D eigenvalue weighted by Gasteiger charge is -2.13. The molecule has 3 aromatic rings. The number of carbonyl (C=O) groups excluding carboxylic acids is 1. The molecular weight excluding hydrogens is 340 g/mol. The Bertz CT molecular complexity index is 1060. The second kappa shape index (κ2) is 6.87. The largest absolute Gasteiger partial charge is 0.338 e. The molecule has 2 aromatic heterocycles. The molecule has 6 nitrogen and oxygen atoms in total. The normalized spacial score (nSPS) is 17.0. The van der Waals surface area contributed by atoms with E-state index in [9.17, 15) is 9.59 Å². The quantitative estimate of drug-likeness (QED) is 0.710. The molecule has 1 N–H and O–H groups in total. The van der Waals surface area contributed by atoms with Gasteiger partial charge in [0.25, 0.3) is 5.56 Å². The summed E-state index contributed by atoms with van der Waals surface area (Å²) in [7, 11) is 0. The van der Waals surface area contributed by atoms with E-state index in [0.29, 0.717) is 30.9 Å². The van der Waals surface area contributed by atoms with Gasteiger partial charge in [0, 0.05) is 42.8 Å². The van der Waals surface area contributed by atoms with Gasteiger partial charge in [0.15, 0.2) is 5.65 Å². The van der Waals surface area contributed by atoms with Crippen molar-refractivity contribution in [2.75, 3.05) is 13.1 Å². The number of carbonyl (C=O) groups is 1. The summed E-state index contributed by atoms with van der Waals surface area (Å²) < 4.78 is 1.50. The fraction of sp³-hybridized carbons (Fsp3) is 0.286. The number of hydrogen-bond donors (Lipinski definition) is 1. The van der Waals surface area contributed by atoms with Gasteiger partial charge in [-0.25, -0.2) is 9.50 Å². The third-order valence-corrected chi connectivity index (χ3v) is 5.11. The van der Waals surface area contributed by atoms with Crippen molar-refractivity contribution in [2.45, 2.75) is 25.7 Å². The van der Waals surface area contributed by atoms with Crippen LogP contribution in [0.2, 0.25) is 0 Å². The second-order valence-corrected chi connectivity index (χ2v) is 6.85. The molecule has 1 aliphatic rings. The van der Waals surface area contributed by atoms with Gasteiger partial charge >= 0.3 is 0 Å². The smallest absolute Gasteiger partial charge is 0.272 e. The summed E-state index contributed by atoms with van der Waals surface area (Å²) in [6.07, 6.45) is 2.86. The average Bonchev–Trinajstić information content (AvgIpc) is 3.23. The maximum absolute atomic E-state index is 12.7. The number of aryl methyl sites for hydroxylation is 1. The number of hydrogen-bond acceptors (Lipinski definition) is 3. The van der Waals surface area contributed by atoms with E-state index in [2.05, 4.69) is 11.7 Å². The zero-order valence-corrected chi connectivity index (χ0v) is 15.3. The number of nitrogens with zero attached hydrogens (tertiary/aromatic N) is 3. The van der Waals surface area contributed by atoms with Gasteiger partial charge in [-0.3, -0.25) is 14.7 Å². The molecule has 1 unspecified atom stereocenters. The molecule has 3 heterocycles. The number of benzene rings is 1. The summed E-state index contributed by atoms with van der Waals surface area (Å²) in [6.45, 7) is 6.84. The highest BCUT2D eigenvalue weighted by molar-refractivity contribution is 5.81. The number of amides is 1. The van der Waals surface area contributed by atoms with E-state index in [-0.39, 0.29) is 17.4 Å². The zero-order chi connectivity index (χ0) is 19.0. The maximum atomic E-state index is 12.7. The number of fused-ring (bicyclic) bond motifs is 1. The summed E-state index contributed by atoms with van der Waals surface area (Å²) in [5.41, 5.74) is 4.09. The fourth-order valence-corrected chi connectivity index (χ4v) is 3.78. The minimum atomic E-state index is -0.151. The molecular formula is C21H22N4O2. The molecule has 1 aromatic carbocycles. The first-order valence-corrected chi connectivity index (χ1v) is 9.21. The van der Waals surface area contributed by atoms with Crippen LogP contribution in [0, 0.1) is 0 Å². The van der Waals surface area contributed by atoms with Crippen molar-refractivity contribution in [3.05, 3.63) is 70.8 Å². The fourth-order valence-electron chi connectivity index (χ4n) is 3.78. The van der Waals surface area contributed by atoms with Gasteiger partial charge in [-0.2, -0.15) is 0 Å². The Morgan fingerprint density at radius 2 is 2.07 bits per heavy atom. The van der Waals surface area contributed by atoms with Crippen molar-refractivity contribution in [1.29, 1.82) is 0 Å². The lowest BCUT2D eigenvalue weighted by atomic mass is 10.0. The number of nitrogens with one attached hydrogen (secondary N) is 1. The highest BCUT2D eigenvalue weighted by atomic mass is 16.2. The van der Waals surface area contributed by atoms with Crippen LogP contribution >= 0.6 is 0 Å².